The summed E-state index contributed by atoms with van der Waals surface area (Å²) in [5.74, 6) is -1.53. The molecule has 0 saturated heterocycles. The molecule has 0 amide bonds. The second-order valence-corrected chi connectivity index (χ2v) is 3.89. The van der Waals surface area contributed by atoms with E-state index in [1.54, 1.807) is 30.3 Å². The highest BCUT2D eigenvalue weighted by Crippen LogP contribution is 2.30. The van der Waals surface area contributed by atoms with Crippen LogP contribution in [-0.2, 0) is 0 Å². The van der Waals surface area contributed by atoms with Crippen molar-refractivity contribution in [1.82, 2.24) is 0 Å². The molecule has 2 rings (SSSR count). The largest absolute Gasteiger partial charge is 0.506 e. The first kappa shape index (κ1) is 11.6. The van der Waals surface area contributed by atoms with Gasteiger partial charge < -0.3 is 5.11 Å². The molecule has 0 radical (unpaired) electrons. The van der Waals surface area contributed by atoms with Gasteiger partial charge >= 0.3 is 0 Å². The zero-order chi connectivity index (χ0) is 12.4. The average Bonchev–Trinajstić information content (AvgIpc) is 2.34. The number of phenolic OH excluding ortho intramolecular Hbond substituents is 1. The van der Waals surface area contributed by atoms with E-state index in [9.17, 15) is 14.3 Å². The van der Waals surface area contributed by atoms with E-state index in [1.807, 2.05) is 0 Å². The van der Waals surface area contributed by atoms with Gasteiger partial charge in [-0.25, -0.2) is 4.39 Å². The van der Waals surface area contributed by atoms with Gasteiger partial charge in [0.1, 0.15) is 11.6 Å². The third-order valence-electron chi connectivity index (χ3n) is 2.31. The van der Waals surface area contributed by atoms with Crippen molar-refractivity contribution in [2.24, 2.45) is 0 Å². The average molecular weight is 251 g/mol. The maximum Gasteiger partial charge on any atom is 0.196 e. The highest BCUT2D eigenvalue weighted by molar-refractivity contribution is 6.33. The van der Waals surface area contributed by atoms with E-state index >= 15 is 0 Å². The zero-order valence-electron chi connectivity index (χ0n) is 8.65. The molecule has 0 atom stereocenters. The van der Waals surface area contributed by atoms with Gasteiger partial charge in [-0.1, -0.05) is 41.9 Å². The number of hydrogen-bond donors (Lipinski definition) is 1. The van der Waals surface area contributed by atoms with Crippen LogP contribution in [0.25, 0.3) is 0 Å². The summed E-state index contributed by atoms with van der Waals surface area (Å²) in [7, 11) is 0. The lowest BCUT2D eigenvalue weighted by molar-refractivity contribution is 0.103. The molecule has 4 heteroatoms. The molecule has 0 spiro atoms. The Balaban J connectivity index is 2.52. The van der Waals surface area contributed by atoms with Gasteiger partial charge in [0, 0.05) is 5.56 Å². The van der Waals surface area contributed by atoms with Gasteiger partial charge in [-0.15, -0.1) is 0 Å². The summed E-state index contributed by atoms with van der Waals surface area (Å²) in [5, 5.41) is 9.46. The number of carbonyl (C=O) groups is 1. The first-order chi connectivity index (χ1) is 8.09. The molecule has 2 aromatic carbocycles. The summed E-state index contributed by atoms with van der Waals surface area (Å²) in [6.07, 6.45) is 0. The molecule has 0 fully saturated rings. The molecule has 2 nitrogen and oxygen atoms in total. The smallest absolute Gasteiger partial charge is 0.196 e. The standard InChI is InChI=1S/C13H8ClFO2/c14-11-7-9(15)6-10(13(11)17)12(16)8-4-2-1-3-5-8/h1-7,17H. The van der Waals surface area contributed by atoms with Gasteiger partial charge in [-0.2, -0.15) is 0 Å². The van der Waals surface area contributed by atoms with Crippen LogP contribution >= 0.6 is 11.6 Å². The summed E-state index contributed by atoms with van der Waals surface area (Å²) in [4.78, 5) is 12.0. The molecule has 0 saturated carbocycles. The van der Waals surface area contributed by atoms with Crippen molar-refractivity contribution >= 4 is 17.4 Å². The third-order valence-corrected chi connectivity index (χ3v) is 2.60. The lowest BCUT2D eigenvalue weighted by Crippen LogP contribution is -2.02. The Hall–Kier alpha value is -1.87. The van der Waals surface area contributed by atoms with E-state index < -0.39 is 17.3 Å². The van der Waals surface area contributed by atoms with Gasteiger partial charge in [0.25, 0.3) is 0 Å². The molecule has 1 N–H and O–H groups in total. The summed E-state index contributed by atoms with van der Waals surface area (Å²) < 4.78 is 13.1. The van der Waals surface area contributed by atoms with E-state index in [4.69, 9.17) is 11.6 Å². The maximum absolute atomic E-state index is 13.1. The number of ketones is 1. The van der Waals surface area contributed by atoms with Gasteiger partial charge in [0.15, 0.2) is 5.78 Å². The van der Waals surface area contributed by atoms with Crippen LogP contribution < -0.4 is 0 Å². The van der Waals surface area contributed by atoms with Crippen LogP contribution in [0.15, 0.2) is 42.5 Å². The highest BCUT2D eigenvalue weighted by atomic mass is 35.5. The lowest BCUT2D eigenvalue weighted by atomic mass is 10.0. The molecular weight excluding hydrogens is 243 g/mol. The lowest BCUT2D eigenvalue weighted by Gasteiger charge is -2.05. The Bertz CT molecular complexity index is 567. The molecule has 86 valence electrons. The van der Waals surface area contributed by atoms with Crippen LogP contribution in [0.5, 0.6) is 5.75 Å². The fourth-order valence-electron chi connectivity index (χ4n) is 1.48. The van der Waals surface area contributed by atoms with Gasteiger partial charge in [-0.05, 0) is 12.1 Å². The third kappa shape index (κ3) is 2.29. The van der Waals surface area contributed by atoms with Crippen molar-refractivity contribution in [3.8, 4) is 5.75 Å². The summed E-state index contributed by atoms with van der Waals surface area (Å²) in [5.41, 5.74) is 0.227. The molecule has 0 aliphatic rings. The van der Waals surface area contributed by atoms with E-state index in [0.29, 0.717) is 5.56 Å². The number of rotatable bonds is 2. The van der Waals surface area contributed by atoms with E-state index in [0.717, 1.165) is 12.1 Å². The normalized spacial score (nSPS) is 10.2. The first-order valence-electron chi connectivity index (χ1n) is 4.87. The second-order valence-electron chi connectivity index (χ2n) is 3.48. The Labute approximate surface area is 102 Å². The van der Waals surface area contributed by atoms with Crippen molar-refractivity contribution in [3.05, 3.63) is 64.4 Å². The summed E-state index contributed by atoms with van der Waals surface area (Å²) in [6, 6.07) is 10.2. The molecule has 0 aliphatic heterocycles. The fraction of sp³-hybridized carbons (Fsp3) is 0. The minimum atomic E-state index is -0.660. The fourth-order valence-corrected chi connectivity index (χ4v) is 1.69. The van der Waals surface area contributed by atoms with E-state index in [-0.39, 0.29) is 10.6 Å². The van der Waals surface area contributed by atoms with Crippen molar-refractivity contribution in [2.45, 2.75) is 0 Å². The Morgan fingerprint density at radius 1 is 1.18 bits per heavy atom. The van der Waals surface area contributed by atoms with Gasteiger partial charge in [0.2, 0.25) is 0 Å². The van der Waals surface area contributed by atoms with Crippen LogP contribution in [0.4, 0.5) is 4.39 Å². The predicted octanol–water partition coefficient (Wildman–Crippen LogP) is 3.42. The number of carbonyl (C=O) groups excluding carboxylic acids is 1. The van der Waals surface area contributed by atoms with Crippen molar-refractivity contribution in [2.75, 3.05) is 0 Å². The van der Waals surface area contributed by atoms with Crippen LogP contribution in [0, 0.1) is 5.82 Å². The summed E-state index contributed by atoms with van der Waals surface area (Å²) in [6.45, 7) is 0. The second kappa shape index (κ2) is 4.55. The van der Waals surface area contributed by atoms with Crippen LogP contribution in [0.1, 0.15) is 15.9 Å². The minimum Gasteiger partial charge on any atom is -0.506 e. The Morgan fingerprint density at radius 3 is 2.47 bits per heavy atom. The SMILES string of the molecule is O=C(c1ccccc1)c1cc(F)cc(Cl)c1O. The molecule has 2 aromatic rings. The van der Waals surface area contributed by atoms with Gasteiger partial charge in [-0.3, -0.25) is 4.79 Å². The number of hydrogen-bond acceptors (Lipinski definition) is 2. The van der Waals surface area contributed by atoms with Crippen LogP contribution in [-0.4, -0.2) is 10.9 Å². The predicted molar refractivity (Wildman–Crippen MR) is 62.9 cm³/mol. The molecule has 0 aromatic heterocycles. The first-order valence-corrected chi connectivity index (χ1v) is 5.25. The highest BCUT2D eigenvalue weighted by Gasteiger charge is 2.17. The van der Waals surface area contributed by atoms with Crippen LogP contribution in [0.3, 0.4) is 0 Å². The number of phenols is 1. The molecular formula is C13H8ClFO2. The molecule has 17 heavy (non-hydrogen) atoms. The Morgan fingerprint density at radius 2 is 1.82 bits per heavy atom. The van der Waals surface area contributed by atoms with Crippen LogP contribution in [0.2, 0.25) is 5.02 Å². The van der Waals surface area contributed by atoms with Crippen molar-refractivity contribution in [3.63, 3.8) is 0 Å². The summed E-state index contributed by atoms with van der Waals surface area (Å²) >= 11 is 5.61. The quantitative estimate of drug-likeness (QED) is 0.830. The molecule has 0 heterocycles. The number of aromatic hydroxyl groups is 1. The molecule has 0 aliphatic carbocycles. The van der Waals surface area contributed by atoms with Crippen molar-refractivity contribution < 1.29 is 14.3 Å². The van der Waals surface area contributed by atoms with Gasteiger partial charge in [0.05, 0.1) is 10.6 Å². The monoisotopic (exact) mass is 250 g/mol. The maximum atomic E-state index is 13.1. The number of halogens is 2. The van der Waals surface area contributed by atoms with E-state index in [2.05, 4.69) is 0 Å². The van der Waals surface area contributed by atoms with E-state index in [1.165, 1.54) is 0 Å². The van der Waals surface area contributed by atoms with Crippen molar-refractivity contribution in [1.29, 1.82) is 0 Å². The number of benzene rings is 2. The molecule has 0 bridgehead atoms. The Kier molecular flexibility index (Phi) is 3.11. The minimum absolute atomic E-state index is 0.138. The topological polar surface area (TPSA) is 37.3 Å². The molecule has 0 unspecified atom stereocenters. The zero-order valence-corrected chi connectivity index (χ0v) is 9.41.